The van der Waals surface area contributed by atoms with E-state index in [2.05, 4.69) is 71.4 Å². The Balaban J connectivity index is 1.27. The van der Waals surface area contributed by atoms with Crippen LogP contribution >= 0.6 is 11.3 Å². The molecule has 0 bridgehead atoms. The number of likely N-dealkylation sites (tertiary alicyclic amines) is 1. The third kappa shape index (κ3) is 5.35. The molecule has 1 aliphatic heterocycles. The molecule has 0 radical (unpaired) electrons. The summed E-state index contributed by atoms with van der Waals surface area (Å²) in [5.41, 5.74) is 5.38. The van der Waals surface area contributed by atoms with Crippen molar-refractivity contribution in [1.29, 1.82) is 0 Å². The predicted molar refractivity (Wildman–Crippen MR) is 120 cm³/mol. The number of nitrogens with zero attached hydrogens (tertiary/aromatic N) is 2. The molecular formula is C24H31N3OS. The molecule has 29 heavy (non-hydrogen) atoms. The quantitative estimate of drug-likeness (QED) is 0.575. The largest absolute Gasteiger partial charge is 0.372 e. The molecule has 1 N–H and O–H groups in total. The minimum Gasteiger partial charge on any atom is -0.372 e. The molecule has 0 unspecified atom stereocenters. The fourth-order valence-corrected chi connectivity index (χ4v) is 4.86. The van der Waals surface area contributed by atoms with Crippen LogP contribution in [-0.2, 0) is 23.3 Å². The van der Waals surface area contributed by atoms with Crippen molar-refractivity contribution in [3.63, 3.8) is 0 Å². The lowest BCUT2D eigenvalue weighted by atomic mass is 9.89. The molecule has 1 saturated heterocycles. The van der Waals surface area contributed by atoms with Crippen molar-refractivity contribution in [1.82, 2.24) is 14.9 Å². The summed E-state index contributed by atoms with van der Waals surface area (Å²) in [6.07, 6.45) is 6.08. The van der Waals surface area contributed by atoms with Crippen LogP contribution in [0.15, 0.2) is 48.2 Å². The third-order valence-electron chi connectivity index (χ3n) is 5.67. The van der Waals surface area contributed by atoms with Gasteiger partial charge in [-0.2, -0.15) is 0 Å². The van der Waals surface area contributed by atoms with Gasteiger partial charge in [-0.3, -0.25) is 4.90 Å². The number of ether oxygens (including phenoxy) is 1. The van der Waals surface area contributed by atoms with Gasteiger partial charge in [0.15, 0.2) is 0 Å². The van der Waals surface area contributed by atoms with Gasteiger partial charge >= 0.3 is 0 Å². The molecular weight excluding hydrogens is 378 g/mol. The molecule has 0 atom stereocenters. The summed E-state index contributed by atoms with van der Waals surface area (Å²) < 4.78 is 6.02. The zero-order chi connectivity index (χ0) is 20.3. The van der Waals surface area contributed by atoms with E-state index in [1.54, 1.807) is 6.33 Å². The summed E-state index contributed by atoms with van der Waals surface area (Å²) >= 11 is 1.84. The van der Waals surface area contributed by atoms with Gasteiger partial charge in [-0.15, -0.1) is 11.3 Å². The number of hydrogen-bond donors (Lipinski definition) is 1. The van der Waals surface area contributed by atoms with Gasteiger partial charge in [0.05, 0.1) is 30.9 Å². The number of aromatic amines is 1. The zero-order valence-electron chi connectivity index (χ0n) is 17.6. The minimum atomic E-state index is 0.211. The lowest BCUT2D eigenvalue weighted by Crippen LogP contribution is -2.36. The lowest BCUT2D eigenvalue weighted by molar-refractivity contribution is -0.00510. The molecule has 0 aliphatic carbocycles. The van der Waals surface area contributed by atoms with E-state index in [0.29, 0.717) is 12.7 Å². The molecule has 2 aromatic heterocycles. The van der Waals surface area contributed by atoms with Gasteiger partial charge in [-0.25, -0.2) is 4.98 Å². The van der Waals surface area contributed by atoms with E-state index in [-0.39, 0.29) is 5.41 Å². The van der Waals surface area contributed by atoms with E-state index in [4.69, 9.17) is 4.74 Å². The van der Waals surface area contributed by atoms with Crippen LogP contribution in [0.25, 0.3) is 10.4 Å². The van der Waals surface area contributed by atoms with Crippen LogP contribution < -0.4 is 0 Å². The Morgan fingerprint density at radius 3 is 2.55 bits per heavy atom. The van der Waals surface area contributed by atoms with Crippen LogP contribution in [0.4, 0.5) is 0 Å². The standard InChI is InChI=1S/C24H31N3OS/c1-24(2,3)20-12-23(29-16-20)19-6-4-18(5-7-19)14-27-10-8-22(9-11-27)28-15-21-13-25-17-26-21/h4-7,12-13,16-17,22H,8-11,14-15H2,1-3H3,(H,25,26). The van der Waals surface area contributed by atoms with E-state index >= 15 is 0 Å². The number of nitrogens with one attached hydrogen (secondary N) is 1. The Hall–Kier alpha value is -1.95. The summed E-state index contributed by atoms with van der Waals surface area (Å²) in [7, 11) is 0. The maximum Gasteiger partial charge on any atom is 0.0922 e. The van der Waals surface area contributed by atoms with Crippen molar-refractivity contribution in [3.05, 3.63) is 65.1 Å². The average Bonchev–Trinajstić information content (AvgIpc) is 3.40. The average molecular weight is 410 g/mol. The topological polar surface area (TPSA) is 41.1 Å². The highest BCUT2D eigenvalue weighted by atomic mass is 32.1. The number of hydrogen-bond acceptors (Lipinski definition) is 4. The maximum absolute atomic E-state index is 6.02. The SMILES string of the molecule is CC(C)(C)c1csc(-c2ccc(CN3CCC(OCc4cnc[nH]4)CC3)cc2)c1. The first-order chi connectivity index (χ1) is 14.0. The zero-order valence-corrected chi connectivity index (χ0v) is 18.5. The van der Waals surface area contributed by atoms with Gasteiger partial charge in [0.1, 0.15) is 0 Å². The van der Waals surface area contributed by atoms with Crippen LogP contribution in [0.2, 0.25) is 0 Å². The van der Waals surface area contributed by atoms with Gasteiger partial charge in [-0.05, 0) is 46.4 Å². The second kappa shape index (κ2) is 8.82. The Morgan fingerprint density at radius 2 is 1.93 bits per heavy atom. The van der Waals surface area contributed by atoms with Gasteiger partial charge in [0.25, 0.3) is 0 Å². The van der Waals surface area contributed by atoms with Crippen LogP contribution in [-0.4, -0.2) is 34.1 Å². The highest BCUT2D eigenvalue weighted by Crippen LogP contribution is 2.33. The molecule has 0 saturated carbocycles. The van der Waals surface area contributed by atoms with Crippen molar-refractivity contribution in [2.75, 3.05) is 13.1 Å². The van der Waals surface area contributed by atoms with Crippen molar-refractivity contribution >= 4 is 11.3 Å². The van der Waals surface area contributed by atoms with Crippen molar-refractivity contribution in [2.24, 2.45) is 0 Å². The number of thiophene rings is 1. The van der Waals surface area contributed by atoms with Gasteiger partial charge < -0.3 is 9.72 Å². The van der Waals surface area contributed by atoms with Crippen LogP contribution in [0.1, 0.15) is 50.4 Å². The summed E-state index contributed by atoms with van der Waals surface area (Å²) in [5, 5.41) is 2.29. The fraction of sp³-hybridized carbons (Fsp3) is 0.458. The summed E-state index contributed by atoms with van der Waals surface area (Å²) in [4.78, 5) is 11.0. The number of aromatic nitrogens is 2. The highest BCUT2D eigenvalue weighted by molar-refractivity contribution is 7.13. The number of rotatable bonds is 6. The Labute approximate surface area is 177 Å². The highest BCUT2D eigenvalue weighted by Gasteiger charge is 2.20. The minimum absolute atomic E-state index is 0.211. The second-order valence-electron chi connectivity index (χ2n) is 9.01. The van der Waals surface area contributed by atoms with E-state index in [9.17, 15) is 0 Å². The molecule has 3 aromatic rings. The van der Waals surface area contributed by atoms with Gasteiger partial charge in [0.2, 0.25) is 0 Å². The van der Waals surface area contributed by atoms with Crippen molar-refractivity contribution in [2.45, 2.75) is 58.3 Å². The number of benzene rings is 1. The predicted octanol–water partition coefficient (Wildman–Crippen LogP) is 5.62. The molecule has 154 valence electrons. The van der Waals surface area contributed by atoms with Crippen LogP contribution in [0.3, 0.4) is 0 Å². The number of imidazole rings is 1. The molecule has 4 rings (SSSR count). The van der Waals surface area contributed by atoms with Gasteiger partial charge in [-0.1, -0.05) is 45.0 Å². The van der Waals surface area contributed by atoms with E-state index < -0.39 is 0 Å². The number of piperidine rings is 1. The Bertz CT molecular complexity index is 885. The molecule has 1 fully saturated rings. The first-order valence-electron chi connectivity index (χ1n) is 10.5. The first-order valence-corrected chi connectivity index (χ1v) is 11.3. The molecule has 1 aromatic carbocycles. The third-order valence-corrected chi connectivity index (χ3v) is 6.65. The van der Waals surface area contributed by atoms with E-state index in [1.165, 1.54) is 21.6 Å². The number of H-pyrrole nitrogens is 1. The Kier molecular flexibility index (Phi) is 6.18. The summed E-state index contributed by atoms with van der Waals surface area (Å²) in [6.45, 7) is 10.6. The maximum atomic E-state index is 6.02. The smallest absolute Gasteiger partial charge is 0.0922 e. The van der Waals surface area contributed by atoms with E-state index in [1.807, 2.05) is 17.5 Å². The van der Waals surface area contributed by atoms with E-state index in [0.717, 1.165) is 38.2 Å². The normalized spacial score (nSPS) is 16.4. The molecule has 0 amide bonds. The molecule has 1 aliphatic rings. The lowest BCUT2D eigenvalue weighted by Gasteiger charge is -2.31. The van der Waals surface area contributed by atoms with Gasteiger partial charge in [0, 0.05) is 24.5 Å². The van der Waals surface area contributed by atoms with Crippen molar-refractivity contribution < 1.29 is 4.74 Å². The monoisotopic (exact) mass is 409 g/mol. The van der Waals surface area contributed by atoms with Crippen LogP contribution in [0, 0.1) is 0 Å². The molecule has 0 spiro atoms. The first kappa shape index (κ1) is 20.3. The van der Waals surface area contributed by atoms with Crippen molar-refractivity contribution in [3.8, 4) is 10.4 Å². The second-order valence-corrected chi connectivity index (χ2v) is 9.92. The fourth-order valence-electron chi connectivity index (χ4n) is 3.72. The molecule has 3 heterocycles. The summed E-state index contributed by atoms with van der Waals surface area (Å²) in [5.74, 6) is 0. The summed E-state index contributed by atoms with van der Waals surface area (Å²) in [6, 6.07) is 11.5. The van der Waals surface area contributed by atoms with Crippen LogP contribution in [0.5, 0.6) is 0 Å². The molecule has 4 nitrogen and oxygen atoms in total. The molecule has 5 heteroatoms. The Morgan fingerprint density at radius 1 is 1.17 bits per heavy atom.